The first-order chi connectivity index (χ1) is 9.08. The Hall–Kier alpha value is -1.23. The van der Waals surface area contributed by atoms with Crippen molar-refractivity contribution in [1.82, 2.24) is 10.1 Å². The van der Waals surface area contributed by atoms with Crippen molar-refractivity contribution in [3.05, 3.63) is 11.7 Å². The highest BCUT2D eigenvalue weighted by Gasteiger charge is 2.27. The van der Waals surface area contributed by atoms with E-state index in [4.69, 9.17) is 9.26 Å². The molecule has 2 unspecified atom stereocenters. The van der Waals surface area contributed by atoms with Crippen LogP contribution in [0.5, 0.6) is 0 Å². The van der Waals surface area contributed by atoms with Crippen molar-refractivity contribution in [2.75, 3.05) is 6.61 Å². The normalized spacial score (nSPS) is 21.6. The summed E-state index contributed by atoms with van der Waals surface area (Å²) in [6, 6.07) is 0. The van der Waals surface area contributed by atoms with Gasteiger partial charge in [0.2, 0.25) is 5.89 Å². The number of ketones is 1. The number of aromatic nitrogens is 2. The number of Topliss-reactive ketones (excluding diaryl/α,β-unsaturated/α-hetero) is 1. The molecule has 5 heteroatoms. The van der Waals surface area contributed by atoms with E-state index in [9.17, 15) is 4.79 Å². The molecule has 0 aromatic carbocycles. The van der Waals surface area contributed by atoms with Crippen LogP contribution in [0.3, 0.4) is 0 Å². The van der Waals surface area contributed by atoms with Gasteiger partial charge in [-0.15, -0.1) is 0 Å². The molecule has 0 amide bonds. The Kier molecular flexibility index (Phi) is 4.69. The predicted octanol–water partition coefficient (Wildman–Crippen LogP) is 2.51. The van der Waals surface area contributed by atoms with Crippen molar-refractivity contribution in [2.24, 2.45) is 5.92 Å². The van der Waals surface area contributed by atoms with Crippen LogP contribution >= 0.6 is 0 Å². The number of ether oxygens (including phenoxy) is 1. The van der Waals surface area contributed by atoms with Crippen LogP contribution in [-0.2, 0) is 16.0 Å². The highest BCUT2D eigenvalue weighted by atomic mass is 16.5. The minimum atomic E-state index is -0.298. The summed E-state index contributed by atoms with van der Waals surface area (Å²) in [7, 11) is 0. The minimum absolute atomic E-state index is 0.0686. The van der Waals surface area contributed by atoms with E-state index in [-0.39, 0.29) is 23.7 Å². The van der Waals surface area contributed by atoms with E-state index in [1.807, 2.05) is 13.8 Å². The third kappa shape index (κ3) is 3.62. The number of nitrogens with zero attached hydrogens (tertiary/aromatic N) is 2. The summed E-state index contributed by atoms with van der Waals surface area (Å²) in [5, 5.41) is 3.98. The fourth-order valence-corrected chi connectivity index (χ4v) is 2.58. The van der Waals surface area contributed by atoms with Gasteiger partial charge in [-0.1, -0.05) is 19.0 Å². The van der Waals surface area contributed by atoms with Crippen LogP contribution < -0.4 is 0 Å². The zero-order valence-corrected chi connectivity index (χ0v) is 11.9. The summed E-state index contributed by atoms with van der Waals surface area (Å²) in [6.45, 7) is 6.36. The van der Waals surface area contributed by atoms with Crippen LogP contribution in [0.25, 0.3) is 0 Å². The molecule has 1 aromatic heterocycles. The number of hydrogen-bond donors (Lipinski definition) is 0. The summed E-state index contributed by atoms with van der Waals surface area (Å²) < 4.78 is 10.9. The molecule has 5 nitrogen and oxygen atoms in total. The Morgan fingerprint density at radius 2 is 2.21 bits per heavy atom. The average Bonchev–Trinajstić information content (AvgIpc) is 2.77. The molecule has 2 atom stereocenters. The van der Waals surface area contributed by atoms with E-state index >= 15 is 0 Å². The highest BCUT2D eigenvalue weighted by molar-refractivity contribution is 5.82. The van der Waals surface area contributed by atoms with Gasteiger partial charge in [0.25, 0.3) is 0 Å². The number of hydrogen-bond acceptors (Lipinski definition) is 5. The van der Waals surface area contributed by atoms with Gasteiger partial charge >= 0.3 is 0 Å². The van der Waals surface area contributed by atoms with E-state index in [1.54, 1.807) is 6.92 Å². The fraction of sp³-hybridized carbons (Fsp3) is 0.786. The maximum absolute atomic E-state index is 11.6. The van der Waals surface area contributed by atoms with Gasteiger partial charge in [-0.25, -0.2) is 0 Å². The number of rotatable bonds is 5. The molecule has 1 saturated heterocycles. The molecule has 2 rings (SSSR count). The van der Waals surface area contributed by atoms with Crippen molar-refractivity contribution in [3.8, 4) is 0 Å². The first kappa shape index (κ1) is 14.2. The zero-order valence-electron chi connectivity index (χ0n) is 11.9. The maximum Gasteiger partial charge on any atom is 0.237 e. The van der Waals surface area contributed by atoms with E-state index < -0.39 is 0 Å². The van der Waals surface area contributed by atoms with Crippen molar-refractivity contribution < 1.29 is 14.1 Å². The Morgan fingerprint density at radius 3 is 2.79 bits per heavy atom. The van der Waals surface area contributed by atoms with Crippen LogP contribution in [0, 0.1) is 5.92 Å². The molecule has 1 fully saturated rings. The lowest BCUT2D eigenvalue weighted by atomic mass is 9.92. The second-order valence-corrected chi connectivity index (χ2v) is 5.57. The van der Waals surface area contributed by atoms with E-state index in [2.05, 4.69) is 10.1 Å². The van der Waals surface area contributed by atoms with Crippen LogP contribution in [-0.4, -0.2) is 28.6 Å². The Morgan fingerprint density at radius 1 is 1.42 bits per heavy atom. The second-order valence-electron chi connectivity index (χ2n) is 5.57. The van der Waals surface area contributed by atoms with Crippen LogP contribution in [0.2, 0.25) is 0 Å². The van der Waals surface area contributed by atoms with Gasteiger partial charge in [0.1, 0.15) is 5.78 Å². The van der Waals surface area contributed by atoms with Crippen LogP contribution in [0.4, 0.5) is 0 Å². The molecule has 106 valence electrons. The zero-order chi connectivity index (χ0) is 13.8. The lowest BCUT2D eigenvalue weighted by Crippen LogP contribution is -2.22. The monoisotopic (exact) mass is 266 g/mol. The van der Waals surface area contributed by atoms with E-state index in [0.717, 1.165) is 19.4 Å². The molecule has 0 radical (unpaired) electrons. The maximum atomic E-state index is 11.6. The van der Waals surface area contributed by atoms with Gasteiger partial charge in [-0.3, -0.25) is 4.79 Å². The number of carbonyl (C=O) groups is 1. The largest absolute Gasteiger partial charge is 0.378 e. The number of carbonyl (C=O) groups excluding carboxylic acids is 1. The van der Waals surface area contributed by atoms with Gasteiger partial charge in [0.05, 0.1) is 12.0 Å². The second kappa shape index (κ2) is 6.28. The SMILES string of the molecule is CC(=O)C(c1nc(CC2CCCCO2)no1)C(C)C. The third-order valence-corrected chi connectivity index (χ3v) is 3.54. The van der Waals surface area contributed by atoms with Gasteiger partial charge in [-0.2, -0.15) is 4.98 Å². The molecule has 1 aliphatic rings. The predicted molar refractivity (Wildman–Crippen MR) is 69.9 cm³/mol. The summed E-state index contributed by atoms with van der Waals surface area (Å²) >= 11 is 0. The molecule has 0 spiro atoms. The fourth-order valence-electron chi connectivity index (χ4n) is 2.58. The molecule has 2 heterocycles. The van der Waals surface area contributed by atoms with Crippen molar-refractivity contribution in [2.45, 2.75) is 58.5 Å². The molecule has 0 N–H and O–H groups in total. The molecular formula is C14H22N2O3. The average molecular weight is 266 g/mol. The minimum Gasteiger partial charge on any atom is -0.378 e. The van der Waals surface area contributed by atoms with Crippen molar-refractivity contribution in [1.29, 1.82) is 0 Å². The van der Waals surface area contributed by atoms with E-state index in [0.29, 0.717) is 18.1 Å². The van der Waals surface area contributed by atoms with Gasteiger partial charge in [0, 0.05) is 13.0 Å². The Bertz CT molecular complexity index is 422. The van der Waals surface area contributed by atoms with Gasteiger partial charge < -0.3 is 9.26 Å². The molecule has 0 saturated carbocycles. The Labute approximate surface area is 113 Å². The third-order valence-electron chi connectivity index (χ3n) is 3.54. The Balaban J connectivity index is 2.03. The van der Waals surface area contributed by atoms with Gasteiger partial charge in [-0.05, 0) is 32.1 Å². The van der Waals surface area contributed by atoms with Crippen LogP contribution in [0.15, 0.2) is 4.52 Å². The summed E-state index contributed by atoms with van der Waals surface area (Å²) in [5.74, 6) is 1.02. The summed E-state index contributed by atoms with van der Waals surface area (Å²) in [4.78, 5) is 16.0. The molecule has 0 aliphatic carbocycles. The summed E-state index contributed by atoms with van der Waals surface area (Å²) in [6.07, 6.45) is 4.23. The lowest BCUT2D eigenvalue weighted by molar-refractivity contribution is -0.119. The van der Waals surface area contributed by atoms with E-state index in [1.165, 1.54) is 6.42 Å². The lowest BCUT2D eigenvalue weighted by Gasteiger charge is -2.20. The van der Waals surface area contributed by atoms with Gasteiger partial charge in [0.15, 0.2) is 5.82 Å². The van der Waals surface area contributed by atoms with Crippen molar-refractivity contribution in [3.63, 3.8) is 0 Å². The smallest absolute Gasteiger partial charge is 0.237 e. The van der Waals surface area contributed by atoms with Crippen molar-refractivity contribution >= 4 is 5.78 Å². The highest BCUT2D eigenvalue weighted by Crippen LogP contribution is 2.24. The molecular weight excluding hydrogens is 244 g/mol. The quantitative estimate of drug-likeness (QED) is 0.819. The molecule has 19 heavy (non-hydrogen) atoms. The molecule has 1 aromatic rings. The molecule has 0 bridgehead atoms. The first-order valence-corrected chi connectivity index (χ1v) is 7.02. The summed E-state index contributed by atoms with van der Waals surface area (Å²) in [5.41, 5.74) is 0. The standard InChI is InChI=1S/C14H22N2O3/c1-9(2)13(10(3)17)14-15-12(16-19-14)8-11-6-4-5-7-18-11/h9,11,13H,4-8H2,1-3H3. The van der Waals surface area contributed by atoms with Crippen LogP contribution in [0.1, 0.15) is 57.7 Å². The molecule has 1 aliphatic heterocycles. The topological polar surface area (TPSA) is 65.2 Å². The first-order valence-electron chi connectivity index (χ1n) is 7.02.